The second-order valence-corrected chi connectivity index (χ2v) is 4.43. The van der Waals surface area contributed by atoms with Crippen LogP contribution in [0.3, 0.4) is 0 Å². The van der Waals surface area contributed by atoms with Gasteiger partial charge in [-0.25, -0.2) is 0 Å². The fourth-order valence-electron chi connectivity index (χ4n) is 1.64. The Balaban J connectivity index is 2.61. The van der Waals surface area contributed by atoms with Crippen LogP contribution < -0.4 is 10.5 Å². The van der Waals surface area contributed by atoms with Gasteiger partial charge in [0.2, 0.25) is 0 Å². The molecule has 0 fully saturated rings. The van der Waals surface area contributed by atoms with Crippen LogP contribution in [0.25, 0.3) is 11.1 Å². The Morgan fingerprint density at radius 3 is 2.29 bits per heavy atom. The fourth-order valence-corrected chi connectivity index (χ4v) is 2.22. The number of nitrogens with two attached hydrogens (primary N) is 1. The van der Waals surface area contributed by atoms with Crippen LogP contribution in [0.5, 0.6) is 5.75 Å². The van der Waals surface area contributed by atoms with Crippen molar-refractivity contribution in [3.63, 3.8) is 0 Å². The van der Waals surface area contributed by atoms with Gasteiger partial charge in [0, 0.05) is 16.3 Å². The summed E-state index contributed by atoms with van der Waals surface area (Å²) < 4.78 is 5.29. The number of hydrogen-bond acceptors (Lipinski definition) is 2. The Morgan fingerprint density at radius 2 is 1.71 bits per heavy atom. The molecule has 0 heterocycles. The van der Waals surface area contributed by atoms with Crippen molar-refractivity contribution < 1.29 is 4.74 Å². The van der Waals surface area contributed by atoms with E-state index in [4.69, 9.17) is 33.7 Å². The first-order chi connectivity index (χ1) is 8.11. The van der Waals surface area contributed by atoms with Crippen LogP contribution in [0.2, 0.25) is 10.0 Å². The zero-order chi connectivity index (χ0) is 12.4. The van der Waals surface area contributed by atoms with Crippen molar-refractivity contribution in [1.82, 2.24) is 0 Å². The maximum atomic E-state index is 6.08. The first-order valence-corrected chi connectivity index (χ1v) is 5.76. The average molecular weight is 268 g/mol. The first-order valence-electron chi connectivity index (χ1n) is 5.01. The Hall–Kier alpha value is -1.38. The van der Waals surface area contributed by atoms with Crippen LogP contribution in [-0.4, -0.2) is 7.11 Å². The lowest BCUT2D eigenvalue weighted by Crippen LogP contribution is -1.90. The second-order valence-electron chi connectivity index (χ2n) is 3.59. The lowest BCUT2D eigenvalue weighted by atomic mass is 10.0. The summed E-state index contributed by atoms with van der Waals surface area (Å²) in [6.07, 6.45) is 0. The Labute approximate surface area is 110 Å². The van der Waals surface area contributed by atoms with E-state index in [0.717, 1.165) is 11.1 Å². The molecule has 0 spiro atoms. The third kappa shape index (κ3) is 2.48. The van der Waals surface area contributed by atoms with E-state index < -0.39 is 0 Å². The lowest BCUT2D eigenvalue weighted by Gasteiger charge is -2.11. The Kier molecular flexibility index (Phi) is 3.46. The molecule has 0 radical (unpaired) electrons. The van der Waals surface area contributed by atoms with Crippen LogP contribution >= 0.6 is 23.2 Å². The van der Waals surface area contributed by atoms with Crippen LogP contribution in [0.4, 0.5) is 5.69 Å². The van der Waals surface area contributed by atoms with E-state index in [1.807, 2.05) is 30.3 Å². The zero-order valence-electron chi connectivity index (χ0n) is 9.21. The molecule has 17 heavy (non-hydrogen) atoms. The molecule has 0 bridgehead atoms. The number of rotatable bonds is 2. The van der Waals surface area contributed by atoms with Gasteiger partial charge >= 0.3 is 0 Å². The molecule has 0 aliphatic heterocycles. The largest absolute Gasteiger partial charge is 0.495 e. The minimum atomic E-state index is 0.492. The summed E-state index contributed by atoms with van der Waals surface area (Å²) in [5.74, 6) is 0.612. The zero-order valence-corrected chi connectivity index (χ0v) is 10.7. The molecule has 2 aromatic rings. The van der Waals surface area contributed by atoms with Gasteiger partial charge in [-0.15, -0.1) is 0 Å². The van der Waals surface area contributed by atoms with E-state index >= 15 is 0 Å². The topological polar surface area (TPSA) is 35.2 Å². The maximum absolute atomic E-state index is 6.08. The quantitative estimate of drug-likeness (QED) is 0.826. The highest BCUT2D eigenvalue weighted by atomic mass is 35.5. The summed E-state index contributed by atoms with van der Waals surface area (Å²) >= 11 is 12.1. The van der Waals surface area contributed by atoms with Crippen LogP contribution in [0, 0.1) is 0 Å². The number of benzene rings is 2. The Bertz CT molecular complexity index is 538. The SMILES string of the molecule is COc1c(Cl)cc(Cl)cc1-c1ccc(N)cc1. The van der Waals surface area contributed by atoms with Crippen molar-refractivity contribution in [2.75, 3.05) is 12.8 Å². The number of hydrogen-bond donors (Lipinski definition) is 1. The standard InChI is InChI=1S/C13H11Cl2NO/c1-17-13-11(6-9(14)7-12(13)15)8-2-4-10(16)5-3-8/h2-7H,16H2,1H3. The number of ether oxygens (including phenoxy) is 1. The fraction of sp³-hybridized carbons (Fsp3) is 0.0769. The predicted octanol–water partition coefficient (Wildman–Crippen LogP) is 4.25. The van der Waals surface area contributed by atoms with Crippen molar-refractivity contribution in [3.05, 3.63) is 46.4 Å². The molecule has 4 heteroatoms. The summed E-state index contributed by atoms with van der Waals surface area (Å²) in [5.41, 5.74) is 8.17. The van der Waals surface area contributed by atoms with Gasteiger partial charge in [-0.2, -0.15) is 0 Å². The van der Waals surface area contributed by atoms with Gasteiger partial charge in [0.05, 0.1) is 12.1 Å². The Morgan fingerprint density at radius 1 is 1.06 bits per heavy atom. The molecule has 0 saturated heterocycles. The van der Waals surface area contributed by atoms with Gasteiger partial charge in [-0.05, 0) is 29.8 Å². The second kappa shape index (κ2) is 4.86. The van der Waals surface area contributed by atoms with E-state index in [-0.39, 0.29) is 0 Å². The predicted molar refractivity (Wildman–Crippen MR) is 72.9 cm³/mol. The third-order valence-corrected chi connectivity index (χ3v) is 2.93. The van der Waals surface area contributed by atoms with Gasteiger partial charge in [0.1, 0.15) is 5.75 Å². The molecule has 0 aliphatic carbocycles. The van der Waals surface area contributed by atoms with Crippen molar-refractivity contribution >= 4 is 28.9 Å². The monoisotopic (exact) mass is 267 g/mol. The number of nitrogen functional groups attached to an aromatic ring is 1. The minimum absolute atomic E-state index is 0.492. The van der Waals surface area contributed by atoms with Crippen molar-refractivity contribution in [2.45, 2.75) is 0 Å². The average Bonchev–Trinajstić information content (AvgIpc) is 2.29. The summed E-state index contributed by atoms with van der Waals surface area (Å²) in [4.78, 5) is 0. The number of halogens is 2. The molecule has 2 aromatic carbocycles. The molecule has 0 saturated carbocycles. The maximum Gasteiger partial charge on any atom is 0.145 e. The van der Waals surface area contributed by atoms with E-state index in [9.17, 15) is 0 Å². The molecular formula is C13H11Cl2NO. The highest BCUT2D eigenvalue weighted by Crippen LogP contribution is 2.38. The van der Waals surface area contributed by atoms with Crippen LogP contribution in [0.1, 0.15) is 0 Å². The smallest absolute Gasteiger partial charge is 0.145 e. The van der Waals surface area contributed by atoms with E-state index in [1.165, 1.54) is 0 Å². The molecule has 2 rings (SSSR count). The molecule has 0 aromatic heterocycles. The summed E-state index contributed by atoms with van der Waals surface area (Å²) in [6, 6.07) is 10.9. The highest BCUT2D eigenvalue weighted by Gasteiger charge is 2.11. The normalized spacial score (nSPS) is 10.3. The molecule has 0 aliphatic rings. The third-order valence-electron chi connectivity index (χ3n) is 2.43. The number of anilines is 1. The summed E-state index contributed by atoms with van der Waals surface area (Å²) in [7, 11) is 1.58. The molecular weight excluding hydrogens is 257 g/mol. The van der Waals surface area contributed by atoms with Crippen LogP contribution in [0.15, 0.2) is 36.4 Å². The summed E-state index contributed by atoms with van der Waals surface area (Å²) in [6.45, 7) is 0. The van der Waals surface area contributed by atoms with Crippen molar-refractivity contribution in [2.24, 2.45) is 0 Å². The van der Waals surface area contributed by atoms with Gasteiger partial charge < -0.3 is 10.5 Å². The highest BCUT2D eigenvalue weighted by molar-refractivity contribution is 6.36. The van der Waals surface area contributed by atoms with Crippen molar-refractivity contribution in [3.8, 4) is 16.9 Å². The van der Waals surface area contributed by atoms with Gasteiger partial charge in [-0.1, -0.05) is 35.3 Å². The molecule has 88 valence electrons. The van der Waals surface area contributed by atoms with E-state index in [2.05, 4.69) is 0 Å². The summed E-state index contributed by atoms with van der Waals surface area (Å²) in [5, 5.41) is 1.06. The molecule has 0 amide bonds. The van der Waals surface area contributed by atoms with Crippen LogP contribution in [-0.2, 0) is 0 Å². The molecule has 0 unspecified atom stereocenters. The van der Waals surface area contributed by atoms with Gasteiger partial charge in [0.25, 0.3) is 0 Å². The van der Waals surface area contributed by atoms with E-state index in [0.29, 0.717) is 21.5 Å². The minimum Gasteiger partial charge on any atom is -0.495 e. The van der Waals surface area contributed by atoms with Gasteiger partial charge in [0.15, 0.2) is 0 Å². The lowest BCUT2D eigenvalue weighted by molar-refractivity contribution is 0.416. The molecule has 2 nitrogen and oxygen atoms in total. The van der Waals surface area contributed by atoms with Gasteiger partial charge in [-0.3, -0.25) is 0 Å². The molecule has 2 N–H and O–H groups in total. The number of methoxy groups -OCH3 is 1. The molecule has 0 atom stereocenters. The van der Waals surface area contributed by atoms with E-state index in [1.54, 1.807) is 13.2 Å². The van der Waals surface area contributed by atoms with Crippen molar-refractivity contribution in [1.29, 1.82) is 0 Å². The first kappa shape index (κ1) is 12.1.